The van der Waals surface area contributed by atoms with Crippen LogP contribution in [0.15, 0.2) is 41.0 Å². The third kappa shape index (κ3) is 2.85. The molecular weight excluding hydrogens is 292 g/mol. The number of amides is 1. The van der Waals surface area contributed by atoms with E-state index in [4.69, 9.17) is 4.42 Å². The number of hydrogen-bond acceptors (Lipinski definition) is 4. The van der Waals surface area contributed by atoms with E-state index >= 15 is 0 Å². The molecule has 1 aromatic carbocycles. The highest BCUT2D eigenvalue weighted by atomic mass is 16.3. The molecule has 0 unspecified atom stereocenters. The predicted molar refractivity (Wildman–Crippen MR) is 88.1 cm³/mol. The van der Waals surface area contributed by atoms with Gasteiger partial charge in [0.05, 0.1) is 23.3 Å². The number of anilines is 1. The van der Waals surface area contributed by atoms with Crippen LogP contribution in [-0.2, 0) is 4.79 Å². The molecule has 0 bridgehead atoms. The fourth-order valence-electron chi connectivity index (χ4n) is 2.92. The van der Waals surface area contributed by atoms with Crippen LogP contribution >= 0.6 is 0 Å². The molecule has 3 heterocycles. The lowest BCUT2D eigenvalue weighted by Gasteiger charge is -2.22. The van der Waals surface area contributed by atoms with E-state index < -0.39 is 0 Å². The molecule has 6 heteroatoms. The smallest absolute Gasteiger partial charge is 0.241 e. The van der Waals surface area contributed by atoms with Gasteiger partial charge in [-0.3, -0.25) is 4.79 Å². The van der Waals surface area contributed by atoms with Crippen molar-refractivity contribution in [2.75, 3.05) is 11.9 Å². The SMILES string of the molecule is O=C(Nc1ccc2nc(-c3ccco3)[nH]c2c1)[C@H]1CCCCN1. The summed E-state index contributed by atoms with van der Waals surface area (Å²) in [6.45, 7) is 0.907. The van der Waals surface area contributed by atoms with Crippen molar-refractivity contribution in [1.82, 2.24) is 15.3 Å². The average Bonchev–Trinajstić information content (AvgIpc) is 3.24. The van der Waals surface area contributed by atoms with Crippen LogP contribution in [0, 0.1) is 0 Å². The summed E-state index contributed by atoms with van der Waals surface area (Å²) in [6, 6.07) is 9.24. The van der Waals surface area contributed by atoms with Gasteiger partial charge in [0, 0.05) is 5.69 Å². The molecule has 1 saturated heterocycles. The Bertz CT molecular complexity index is 816. The minimum absolute atomic E-state index is 0.0230. The van der Waals surface area contributed by atoms with Crippen molar-refractivity contribution in [1.29, 1.82) is 0 Å². The zero-order chi connectivity index (χ0) is 15.6. The van der Waals surface area contributed by atoms with E-state index in [0.29, 0.717) is 11.6 Å². The summed E-state index contributed by atoms with van der Waals surface area (Å²) in [7, 11) is 0. The lowest BCUT2D eigenvalue weighted by Crippen LogP contribution is -2.43. The maximum atomic E-state index is 12.3. The van der Waals surface area contributed by atoms with Gasteiger partial charge in [0.15, 0.2) is 11.6 Å². The monoisotopic (exact) mass is 310 g/mol. The highest BCUT2D eigenvalue weighted by molar-refractivity contribution is 5.96. The number of aromatic amines is 1. The molecule has 1 aliphatic heterocycles. The number of nitrogens with zero attached hydrogens (tertiary/aromatic N) is 1. The van der Waals surface area contributed by atoms with Gasteiger partial charge in [-0.1, -0.05) is 6.42 Å². The maximum absolute atomic E-state index is 12.3. The maximum Gasteiger partial charge on any atom is 0.241 e. The van der Waals surface area contributed by atoms with E-state index in [1.54, 1.807) is 6.26 Å². The van der Waals surface area contributed by atoms with Crippen LogP contribution < -0.4 is 10.6 Å². The number of nitrogens with one attached hydrogen (secondary N) is 3. The fraction of sp³-hybridized carbons (Fsp3) is 0.294. The first-order valence-electron chi connectivity index (χ1n) is 7.87. The predicted octanol–water partition coefficient (Wildman–Crippen LogP) is 2.90. The number of carbonyl (C=O) groups excluding carboxylic acids is 1. The number of hydrogen-bond donors (Lipinski definition) is 3. The number of rotatable bonds is 3. The van der Waals surface area contributed by atoms with E-state index in [0.717, 1.165) is 42.5 Å². The molecule has 1 aliphatic rings. The molecule has 3 aromatic rings. The Morgan fingerprint density at radius 1 is 1.30 bits per heavy atom. The van der Waals surface area contributed by atoms with Crippen molar-refractivity contribution in [3.63, 3.8) is 0 Å². The number of aromatic nitrogens is 2. The van der Waals surface area contributed by atoms with Gasteiger partial charge >= 0.3 is 0 Å². The Kier molecular flexibility index (Phi) is 3.59. The van der Waals surface area contributed by atoms with Crippen LogP contribution in [0.5, 0.6) is 0 Å². The normalized spacial score (nSPS) is 18.2. The summed E-state index contributed by atoms with van der Waals surface area (Å²) >= 11 is 0. The second kappa shape index (κ2) is 5.89. The molecule has 1 fully saturated rings. The summed E-state index contributed by atoms with van der Waals surface area (Å²) in [6.07, 6.45) is 4.74. The van der Waals surface area contributed by atoms with Crippen molar-refractivity contribution in [2.24, 2.45) is 0 Å². The minimum atomic E-state index is -0.0973. The lowest BCUT2D eigenvalue weighted by atomic mass is 10.0. The van der Waals surface area contributed by atoms with Gasteiger partial charge in [-0.05, 0) is 49.7 Å². The Hall–Kier alpha value is -2.60. The number of H-pyrrole nitrogens is 1. The molecule has 0 saturated carbocycles. The molecular formula is C17H18N4O2. The van der Waals surface area contributed by atoms with E-state index in [-0.39, 0.29) is 11.9 Å². The van der Waals surface area contributed by atoms with E-state index in [2.05, 4.69) is 20.6 Å². The Labute approximate surface area is 133 Å². The number of furan rings is 1. The van der Waals surface area contributed by atoms with Crippen LogP contribution in [0.3, 0.4) is 0 Å². The Morgan fingerprint density at radius 3 is 3.04 bits per heavy atom. The third-order valence-corrected chi connectivity index (χ3v) is 4.13. The van der Waals surface area contributed by atoms with Crippen molar-refractivity contribution in [2.45, 2.75) is 25.3 Å². The van der Waals surface area contributed by atoms with Gasteiger partial charge in [0.25, 0.3) is 0 Å². The molecule has 23 heavy (non-hydrogen) atoms. The van der Waals surface area contributed by atoms with Crippen LogP contribution in [0.4, 0.5) is 5.69 Å². The largest absolute Gasteiger partial charge is 0.461 e. The highest BCUT2D eigenvalue weighted by Crippen LogP contribution is 2.23. The summed E-state index contributed by atoms with van der Waals surface area (Å²) < 4.78 is 5.35. The zero-order valence-electron chi connectivity index (χ0n) is 12.6. The summed E-state index contributed by atoms with van der Waals surface area (Å²) in [5.74, 6) is 1.40. The van der Waals surface area contributed by atoms with Gasteiger partial charge in [-0.15, -0.1) is 0 Å². The third-order valence-electron chi connectivity index (χ3n) is 4.13. The first-order valence-corrected chi connectivity index (χ1v) is 7.87. The Balaban J connectivity index is 1.55. The fourth-order valence-corrected chi connectivity index (χ4v) is 2.92. The van der Waals surface area contributed by atoms with Gasteiger partial charge in [0.2, 0.25) is 5.91 Å². The molecule has 2 aromatic heterocycles. The standard InChI is InChI=1S/C17H18N4O2/c22-17(13-4-1-2-8-18-13)19-11-6-7-12-14(10-11)21-16(20-12)15-5-3-9-23-15/h3,5-7,9-10,13,18H,1-2,4,8H2,(H,19,22)(H,20,21)/t13-/m1/s1. The summed E-state index contributed by atoms with van der Waals surface area (Å²) in [5, 5.41) is 6.23. The van der Waals surface area contributed by atoms with Crippen LogP contribution in [0.25, 0.3) is 22.6 Å². The summed E-state index contributed by atoms with van der Waals surface area (Å²) in [5.41, 5.74) is 2.47. The number of piperidine rings is 1. The summed E-state index contributed by atoms with van der Waals surface area (Å²) in [4.78, 5) is 20.0. The van der Waals surface area contributed by atoms with E-state index in [1.165, 1.54) is 0 Å². The molecule has 118 valence electrons. The number of carbonyl (C=O) groups is 1. The van der Waals surface area contributed by atoms with Gasteiger partial charge in [-0.25, -0.2) is 4.98 Å². The highest BCUT2D eigenvalue weighted by Gasteiger charge is 2.20. The number of imidazole rings is 1. The van der Waals surface area contributed by atoms with Crippen molar-refractivity contribution < 1.29 is 9.21 Å². The second-order valence-corrected chi connectivity index (χ2v) is 5.79. The molecule has 0 aliphatic carbocycles. The van der Waals surface area contributed by atoms with E-state index in [9.17, 15) is 4.79 Å². The molecule has 4 rings (SSSR count). The van der Waals surface area contributed by atoms with Gasteiger partial charge in [0.1, 0.15) is 0 Å². The zero-order valence-corrected chi connectivity index (χ0v) is 12.6. The molecule has 3 N–H and O–H groups in total. The molecule has 1 amide bonds. The number of fused-ring (bicyclic) bond motifs is 1. The van der Waals surface area contributed by atoms with E-state index in [1.807, 2.05) is 30.3 Å². The average molecular weight is 310 g/mol. The topological polar surface area (TPSA) is 83.0 Å². The van der Waals surface area contributed by atoms with Crippen molar-refractivity contribution in [3.8, 4) is 11.6 Å². The van der Waals surface area contributed by atoms with Crippen LogP contribution in [0.1, 0.15) is 19.3 Å². The Morgan fingerprint density at radius 2 is 2.26 bits per heavy atom. The van der Waals surface area contributed by atoms with Crippen molar-refractivity contribution >= 4 is 22.6 Å². The van der Waals surface area contributed by atoms with Gasteiger partial charge < -0.3 is 20.0 Å². The minimum Gasteiger partial charge on any atom is -0.461 e. The first-order chi connectivity index (χ1) is 11.3. The van der Waals surface area contributed by atoms with Gasteiger partial charge in [-0.2, -0.15) is 0 Å². The van der Waals surface area contributed by atoms with Crippen molar-refractivity contribution in [3.05, 3.63) is 36.6 Å². The molecule has 0 radical (unpaired) electrons. The quantitative estimate of drug-likeness (QED) is 0.694. The lowest BCUT2D eigenvalue weighted by molar-refractivity contribution is -0.118. The molecule has 0 spiro atoms. The number of benzene rings is 1. The molecule has 6 nitrogen and oxygen atoms in total. The second-order valence-electron chi connectivity index (χ2n) is 5.79. The van der Waals surface area contributed by atoms with Crippen LogP contribution in [-0.4, -0.2) is 28.5 Å². The first kappa shape index (κ1) is 14.0. The van der Waals surface area contributed by atoms with Crippen LogP contribution in [0.2, 0.25) is 0 Å². The molecule has 1 atom stereocenters.